The minimum Gasteiger partial charge on any atom is -0.355 e. The summed E-state index contributed by atoms with van der Waals surface area (Å²) >= 11 is 7.41. The van der Waals surface area contributed by atoms with Crippen molar-refractivity contribution in [3.63, 3.8) is 0 Å². The van der Waals surface area contributed by atoms with Gasteiger partial charge in [-0.2, -0.15) is 5.26 Å². The Morgan fingerprint density at radius 3 is 2.91 bits per heavy atom. The molecule has 0 saturated heterocycles. The van der Waals surface area contributed by atoms with Crippen LogP contribution in [0.5, 0.6) is 0 Å². The first-order valence-electron chi connectivity index (χ1n) is 6.94. The molecule has 0 atom stereocenters. The largest absolute Gasteiger partial charge is 0.355 e. The summed E-state index contributed by atoms with van der Waals surface area (Å²) in [6.07, 6.45) is 1.85. The predicted molar refractivity (Wildman–Crippen MR) is 90.6 cm³/mol. The average Bonchev–Trinajstić information content (AvgIpc) is 3.27. The first-order chi connectivity index (χ1) is 11.2. The summed E-state index contributed by atoms with van der Waals surface area (Å²) < 4.78 is 8.13. The van der Waals surface area contributed by atoms with E-state index in [-0.39, 0.29) is 0 Å². The second kappa shape index (κ2) is 5.58. The Labute approximate surface area is 141 Å². The highest BCUT2D eigenvalue weighted by molar-refractivity contribution is 7.19. The molecule has 1 aromatic carbocycles. The van der Waals surface area contributed by atoms with Crippen LogP contribution < -0.4 is 0 Å². The van der Waals surface area contributed by atoms with Crippen molar-refractivity contribution in [2.24, 2.45) is 0 Å². The second-order valence-electron chi connectivity index (χ2n) is 5.09. The van der Waals surface area contributed by atoms with Crippen LogP contribution in [0.15, 0.2) is 53.2 Å². The highest BCUT2D eigenvalue weighted by Crippen LogP contribution is 2.31. The molecule has 3 heterocycles. The Hall–Kier alpha value is -2.55. The molecule has 0 N–H and O–H groups in total. The predicted octanol–water partition coefficient (Wildman–Crippen LogP) is 4.93. The Bertz CT molecular complexity index is 1040. The molecule has 0 saturated carbocycles. The minimum absolute atomic E-state index is 0.546. The number of aromatic nitrogens is 2. The van der Waals surface area contributed by atoms with Crippen LogP contribution in [0.1, 0.15) is 11.3 Å². The third-order valence-electron chi connectivity index (χ3n) is 3.62. The standard InChI is InChI=1S/C17H10ClN3OS/c18-17-6-5-16(23-17)15-7-12(20-22-15)10-21-9-11(8-19)13-3-1-2-4-14(13)21/h1-7,9H,10H2. The van der Waals surface area contributed by atoms with E-state index in [9.17, 15) is 5.26 Å². The summed E-state index contributed by atoms with van der Waals surface area (Å²) in [5.74, 6) is 0.703. The number of fused-ring (bicyclic) bond motifs is 1. The molecule has 0 unspecified atom stereocenters. The molecule has 0 fully saturated rings. The van der Waals surface area contributed by atoms with Gasteiger partial charge < -0.3 is 9.09 Å². The molecular formula is C17H10ClN3OS. The van der Waals surface area contributed by atoms with E-state index in [1.54, 1.807) is 0 Å². The van der Waals surface area contributed by atoms with Crippen LogP contribution in [-0.4, -0.2) is 9.72 Å². The summed E-state index contributed by atoms with van der Waals surface area (Å²) in [6, 6.07) is 15.7. The Kier molecular flexibility index (Phi) is 3.41. The van der Waals surface area contributed by atoms with Gasteiger partial charge in [0.1, 0.15) is 11.8 Å². The molecule has 0 amide bonds. The molecule has 0 radical (unpaired) electrons. The van der Waals surface area contributed by atoms with Crippen LogP contribution in [0, 0.1) is 11.3 Å². The molecule has 23 heavy (non-hydrogen) atoms. The number of halogens is 1. The molecule has 4 rings (SSSR count). The van der Waals surface area contributed by atoms with Crippen LogP contribution in [-0.2, 0) is 6.54 Å². The van der Waals surface area contributed by atoms with E-state index >= 15 is 0 Å². The van der Waals surface area contributed by atoms with Crippen molar-refractivity contribution < 1.29 is 4.52 Å². The Morgan fingerprint density at radius 2 is 2.13 bits per heavy atom. The maximum absolute atomic E-state index is 9.26. The minimum atomic E-state index is 0.546. The van der Waals surface area contributed by atoms with E-state index in [1.807, 2.05) is 53.2 Å². The van der Waals surface area contributed by atoms with Gasteiger partial charge in [0, 0.05) is 23.2 Å². The maximum atomic E-state index is 9.26. The van der Waals surface area contributed by atoms with Crippen molar-refractivity contribution in [3.8, 4) is 16.7 Å². The topological polar surface area (TPSA) is 54.8 Å². The van der Waals surface area contributed by atoms with E-state index in [0.29, 0.717) is 22.2 Å². The SMILES string of the molecule is N#Cc1cn(Cc2cc(-c3ccc(Cl)s3)on2)c2ccccc12. The van der Waals surface area contributed by atoms with Gasteiger partial charge in [0.05, 0.1) is 21.3 Å². The highest BCUT2D eigenvalue weighted by atomic mass is 35.5. The van der Waals surface area contributed by atoms with Gasteiger partial charge in [-0.15, -0.1) is 11.3 Å². The monoisotopic (exact) mass is 339 g/mol. The molecule has 0 bridgehead atoms. The molecule has 0 aliphatic carbocycles. The summed E-state index contributed by atoms with van der Waals surface area (Å²) in [5, 5.41) is 14.3. The van der Waals surface area contributed by atoms with E-state index in [2.05, 4.69) is 11.2 Å². The number of hydrogen-bond donors (Lipinski definition) is 0. The summed E-state index contributed by atoms with van der Waals surface area (Å²) in [5.41, 5.74) is 2.47. The fourth-order valence-corrected chi connectivity index (χ4v) is 3.58. The summed E-state index contributed by atoms with van der Waals surface area (Å²) in [4.78, 5) is 0.948. The van der Waals surface area contributed by atoms with E-state index in [0.717, 1.165) is 21.5 Å². The zero-order valence-corrected chi connectivity index (χ0v) is 13.4. The molecular weight excluding hydrogens is 330 g/mol. The average molecular weight is 340 g/mol. The molecule has 0 spiro atoms. The third kappa shape index (κ3) is 2.52. The zero-order valence-electron chi connectivity index (χ0n) is 11.9. The van der Waals surface area contributed by atoms with Crippen molar-refractivity contribution in [3.05, 3.63) is 64.3 Å². The molecule has 6 heteroatoms. The van der Waals surface area contributed by atoms with Crippen LogP contribution in [0.3, 0.4) is 0 Å². The quantitative estimate of drug-likeness (QED) is 0.531. The smallest absolute Gasteiger partial charge is 0.177 e. The van der Waals surface area contributed by atoms with Crippen LogP contribution in [0.25, 0.3) is 21.5 Å². The fraction of sp³-hybridized carbons (Fsp3) is 0.0588. The van der Waals surface area contributed by atoms with Crippen molar-refractivity contribution in [2.75, 3.05) is 0 Å². The molecule has 112 valence electrons. The molecule has 3 aromatic heterocycles. The van der Waals surface area contributed by atoms with Crippen molar-refractivity contribution in [1.82, 2.24) is 9.72 Å². The van der Waals surface area contributed by atoms with Crippen LogP contribution in [0.2, 0.25) is 4.34 Å². The number of thiophene rings is 1. The van der Waals surface area contributed by atoms with E-state index < -0.39 is 0 Å². The molecule has 4 aromatic rings. The van der Waals surface area contributed by atoms with Gasteiger partial charge in [-0.1, -0.05) is 35.0 Å². The number of benzene rings is 1. The maximum Gasteiger partial charge on any atom is 0.177 e. The zero-order chi connectivity index (χ0) is 15.8. The second-order valence-corrected chi connectivity index (χ2v) is 6.80. The lowest BCUT2D eigenvalue weighted by atomic mass is 10.2. The van der Waals surface area contributed by atoms with Crippen LogP contribution in [0.4, 0.5) is 0 Å². The van der Waals surface area contributed by atoms with E-state index in [1.165, 1.54) is 11.3 Å². The van der Waals surface area contributed by atoms with Crippen molar-refractivity contribution >= 4 is 33.8 Å². The Balaban J connectivity index is 1.69. The van der Waals surface area contributed by atoms with Gasteiger partial charge in [-0.3, -0.25) is 0 Å². The first-order valence-corrected chi connectivity index (χ1v) is 8.13. The fourth-order valence-electron chi connectivity index (χ4n) is 2.59. The van der Waals surface area contributed by atoms with E-state index in [4.69, 9.17) is 16.1 Å². The molecule has 4 nitrogen and oxygen atoms in total. The van der Waals surface area contributed by atoms with Gasteiger partial charge in [0.2, 0.25) is 0 Å². The lowest BCUT2D eigenvalue weighted by Crippen LogP contribution is -1.97. The number of rotatable bonds is 3. The van der Waals surface area contributed by atoms with Crippen molar-refractivity contribution in [2.45, 2.75) is 6.54 Å². The lowest BCUT2D eigenvalue weighted by Gasteiger charge is -2.01. The lowest BCUT2D eigenvalue weighted by molar-refractivity contribution is 0.422. The Morgan fingerprint density at radius 1 is 1.26 bits per heavy atom. The van der Waals surface area contributed by atoms with Gasteiger partial charge in [0.25, 0.3) is 0 Å². The number of nitrogens with zero attached hydrogens (tertiary/aromatic N) is 3. The first kappa shape index (κ1) is 14.1. The van der Waals surface area contributed by atoms with Crippen molar-refractivity contribution in [1.29, 1.82) is 5.26 Å². The number of hydrogen-bond acceptors (Lipinski definition) is 4. The van der Waals surface area contributed by atoms with Gasteiger partial charge >= 0.3 is 0 Å². The van der Waals surface area contributed by atoms with Crippen LogP contribution >= 0.6 is 22.9 Å². The summed E-state index contributed by atoms with van der Waals surface area (Å²) in [7, 11) is 0. The molecule has 0 aliphatic heterocycles. The number of para-hydroxylation sites is 1. The van der Waals surface area contributed by atoms with Gasteiger partial charge in [0.15, 0.2) is 5.76 Å². The number of nitriles is 1. The van der Waals surface area contributed by atoms with Gasteiger partial charge in [-0.25, -0.2) is 0 Å². The third-order valence-corrected chi connectivity index (χ3v) is 4.86. The van der Waals surface area contributed by atoms with Gasteiger partial charge in [-0.05, 0) is 18.2 Å². The normalized spacial score (nSPS) is 11.0. The highest BCUT2D eigenvalue weighted by Gasteiger charge is 2.12. The summed E-state index contributed by atoms with van der Waals surface area (Å²) in [6.45, 7) is 0.546. The molecule has 0 aliphatic rings.